The molecule has 9 heavy (non-hydrogen) atoms. The third-order valence-electron chi connectivity index (χ3n) is 0.515. The van der Waals surface area contributed by atoms with E-state index in [-0.39, 0.29) is 31.9 Å². The molecule has 3 heteroatoms. The summed E-state index contributed by atoms with van der Waals surface area (Å²) in [4.78, 5) is 0. The molecular weight excluding hydrogens is 189 g/mol. The second-order valence-corrected chi connectivity index (χ2v) is 1.16. The Morgan fingerprint density at radius 3 is 2.33 bits per heavy atom. The van der Waals surface area contributed by atoms with Crippen LogP contribution in [0.3, 0.4) is 0 Å². The minimum Gasteiger partial charge on any atom is -1.00 e. The van der Waals surface area contributed by atoms with E-state index in [9.17, 15) is 0 Å². The molecule has 0 heterocycles. The second kappa shape index (κ2) is 15.8. The molecule has 0 aliphatic heterocycles. The molecule has 0 aliphatic carbocycles. The second-order valence-electron chi connectivity index (χ2n) is 1.16. The van der Waals surface area contributed by atoms with E-state index in [1.54, 1.807) is 0 Å². The van der Waals surface area contributed by atoms with E-state index in [0.717, 1.165) is 13.0 Å². The summed E-state index contributed by atoms with van der Waals surface area (Å²) in [6, 6.07) is 0. The number of hydrogen-bond acceptors (Lipinski definition) is 1. The van der Waals surface area contributed by atoms with Crippen LogP contribution in [0.1, 0.15) is 20.3 Å². The Hall–Kier alpha value is 0.453. The molecule has 0 fully saturated rings. The Bertz CT molecular complexity index is 57.0. The summed E-state index contributed by atoms with van der Waals surface area (Å²) in [7, 11) is 0. The van der Waals surface area contributed by atoms with Gasteiger partial charge in [0.1, 0.15) is 0 Å². The smallest absolute Gasteiger partial charge is 0.156 e. The van der Waals surface area contributed by atoms with Crippen LogP contribution in [0.5, 0.6) is 0 Å². The predicted molar refractivity (Wildman–Crippen MR) is 29.7 cm³/mol. The van der Waals surface area contributed by atoms with Gasteiger partial charge in [0.25, 0.3) is 0 Å². The first-order valence-electron chi connectivity index (χ1n) is 2.60. The van der Waals surface area contributed by atoms with Gasteiger partial charge in [0, 0.05) is 19.5 Å². The minimum atomic E-state index is 0. The van der Waals surface area contributed by atoms with E-state index in [4.69, 9.17) is 4.74 Å². The average Bonchev–Trinajstić information content (AvgIpc) is 1.69. The van der Waals surface area contributed by atoms with Crippen LogP contribution in [0, 0.1) is 6.26 Å². The molecule has 0 spiro atoms. The molecule has 0 N–H and O–H groups in total. The van der Waals surface area contributed by atoms with Crippen LogP contribution >= 0.6 is 0 Å². The monoisotopic (exact) mass is 198 g/mol. The van der Waals surface area contributed by atoms with Crippen molar-refractivity contribution >= 4 is 0 Å². The van der Waals surface area contributed by atoms with Crippen LogP contribution in [0.4, 0.5) is 0 Å². The first-order chi connectivity index (χ1) is 3.41. The zero-order chi connectivity index (χ0) is 5.54. The number of rotatable bonds is 3. The summed E-state index contributed by atoms with van der Waals surface area (Å²) < 4.78 is 4.77. The van der Waals surface area contributed by atoms with E-state index in [0.29, 0.717) is 0 Å². The number of allylic oxidation sites excluding steroid dienone is 1. The van der Waals surface area contributed by atoms with Gasteiger partial charge in [0.15, 0.2) is 6.26 Å². The molecule has 0 saturated carbocycles. The third-order valence-corrected chi connectivity index (χ3v) is 0.515. The van der Waals surface area contributed by atoms with Crippen LogP contribution in [-0.2, 0) is 24.2 Å². The molecule has 1 radical (unpaired) electrons. The van der Waals surface area contributed by atoms with Gasteiger partial charge in [-0.25, -0.2) is 0 Å². The van der Waals surface area contributed by atoms with Crippen LogP contribution < -0.4 is 12.4 Å². The molecule has 0 aliphatic rings. The van der Waals surface area contributed by atoms with E-state index >= 15 is 0 Å². The van der Waals surface area contributed by atoms with Crippen molar-refractivity contribution in [3.05, 3.63) is 12.3 Å². The Balaban J connectivity index is -0.000000180. The van der Waals surface area contributed by atoms with Crippen molar-refractivity contribution in [1.29, 1.82) is 0 Å². The fraction of sp³-hybridized carbons (Fsp3) is 0.667. The van der Waals surface area contributed by atoms with Gasteiger partial charge in [-0.05, 0) is 19.4 Å². The van der Waals surface area contributed by atoms with E-state index < -0.39 is 0 Å². The van der Waals surface area contributed by atoms with Crippen molar-refractivity contribution in [2.75, 3.05) is 6.61 Å². The molecule has 0 saturated heterocycles. The van der Waals surface area contributed by atoms with Gasteiger partial charge in [-0.2, -0.15) is 0 Å². The topological polar surface area (TPSA) is 9.23 Å². The van der Waals surface area contributed by atoms with Crippen LogP contribution in [0.2, 0.25) is 0 Å². The van der Waals surface area contributed by atoms with Crippen molar-refractivity contribution in [2.45, 2.75) is 20.3 Å². The van der Waals surface area contributed by atoms with Crippen molar-refractivity contribution in [2.24, 2.45) is 0 Å². The Morgan fingerprint density at radius 1 is 1.44 bits per heavy atom. The molecule has 0 atom stereocenters. The maximum Gasteiger partial charge on any atom is 0.156 e. The SMILES string of the molecule is CCC=[C]OCC.[Cl-].[Zn]. The normalized spacial score (nSPS) is 7.78. The van der Waals surface area contributed by atoms with E-state index in [1.807, 2.05) is 19.9 Å². The van der Waals surface area contributed by atoms with Gasteiger partial charge in [0.05, 0.1) is 6.61 Å². The zero-order valence-electron chi connectivity index (χ0n) is 5.98. The third kappa shape index (κ3) is 17.8. The first kappa shape index (κ1) is 16.2. The maximum atomic E-state index is 4.77. The van der Waals surface area contributed by atoms with Crippen molar-refractivity contribution in [1.82, 2.24) is 0 Å². The molecule has 0 aromatic carbocycles. The summed E-state index contributed by atoms with van der Waals surface area (Å²) >= 11 is 0. The zero-order valence-corrected chi connectivity index (χ0v) is 9.71. The van der Waals surface area contributed by atoms with Crippen molar-refractivity contribution < 1.29 is 36.6 Å². The number of hydrogen-bond donors (Lipinski definition) is 0. The molecule has 0 unspecified atom stereocenters. The average molecular weight is 200 g/mol. The fourth-order valence-corrected chi connectivity index (χ4v) is 0.226. The molecule has 0 bridgehead atoms. The van der Waals surface area contributed by atoms with Gasteiger partial charge < -0.3 is 17.1 Å². The summed E-state index contributed by atoms with van der Waals surface area (Å²) in [5, 5.41) is 0. The largest absolute Gasteiger partial charge is 1.00 e. The molecule has 0 aromatic rings. The molecule has 51 valence electrons. The van der Waals surface area contributed by atoms with E-state index in [1.165, 1.54) is 0 Å². The van der Waals surface area contributed by atoms with Crippen LogP contribution in [0.15, 0.2) is 6.08 Å². The van der Waals surface area contributed by atoms with E-state index in [2.05, 4.69) is 6.26 Å². The summed E-state index contributed by atoms with van der Waals surface area (Å²) in [6.07, 6.45) is 5.52. The molecule has 0 amide bonds. The van der Waals surface area contributed by atoms with Gasteiger partial charge in [0.2, 0.25) is 0 Å². The standard InChI is InChI=1S/C6H11O.ClH.Zn/c1-3-5-6-7-4-2;;/h5H,3-4H2,1-2H3;1H;/p-1. The Kier molecular flexibility index (Phi) is 28.5. The first-order valence-corrected chi connectivity index (χ1v) is 2.60. The number of ether oxygens (including phenoxy) is 1. The Labute approximate surface area is 76.0 Å². The van der Waals surface area contributed by atoms with Crippen molar-refractivity contribution in [3.8, 4) is 0 Å². The van der Waals surface area contributed by atoms with Crippen molar-refractivity contribution in [3.63, 3.8) is 0 Å². The van der Waals surface area contributed by atoms with Gasteiger partial charge in [-0.3, -0.25) is 0 Å². The Morgan fingerprint density at radius 2 is 2.00 bits per heavy atom. The molecular formula is C6H11ClOZn-. The predicted octanol–water partition coefficient (Wildman–Crippen LogP) is -1.25. The van der Waals surface area contributed by atoms with Gasteiger partial charge >= 0.3 is 0 Å². The summed E-state index contributed by atoms with van der Waals surface area (Å²) in [5.74, 6) is 0. The van der Waals surface area contributed by atoms with Gasteiger partial charge in [-0.1, -0.05) is 6.92 Å². The minimum absolute atomic E-state index is 0. The molecule has 1 nitrogen and oxygen atoms in total. The molecule has 0 aromatic heterocycles. The number of halogens is 1. The fourth-order valence-electron chi connectivity index (χ4n) is 0.226. The van der Waals surface area contributed by atoms with Gasteiger partial charge in [-0.15, -0.1) is 0 Å². The maximum absolute atomic E-state index is 4.77. The summed E-state index contributed by atoms with van der Waals surface area (Å²) in [6.45, 7) is 4.71. The summed E-state index contributed by atoms with van der Waals surface area (Å²) in [5.41, 5.74) is 0. The van der Waals surface area contributed by atoms with Crippen LogP contribution in [-0.4, -0.2) is 6.61 Å². The quantitative estimate of drug-likeness (QED) is 0.408. The van der Waals surface area contributed by atoms with Crippen LogP contribution in [0.25, 0.3) is 0 Å². The molecule has 0 rings (SSSR count).